The number of nitrogens with zero attached hydrogens (tertiary/aromatic N) is 2. The number of hydrogen-bond acceptors (Lipinski definition) is 3. The fraction of sp³-hybridized carbons (Fsp3) is 0.364. The zero-order valence-electron chi connectivity index (χ0n) is 9.06. The van der Waals surface area contributed by atoms with E-state index in [0.29, 0.717) is 6.04 Å². The Bertz CT molecular complexity index is 424. The van der Waals surface area contributed by atoms with Crippen LogP contribution in [0.3, 0.4) is 0 Å². The number of halogens is 1. The molecule has 0 aromatic carbocycles. The van der Waals surface area contributed by atoms with Gasteiger partial charge in [0.05, 0.1) is 10.7 Å². The van der Waals surface area contributed by atoms with Crippen molar-refractivity contribution < 1.29 is 0 Å². The summed E-state index contributed by atoms with van der Waals surface area (Å²) in [6.07, 6.45) is 5.60. The smallest absolute Gasteiger partial charge is 0.0946 e. The Morgan fingerprint density at radius 1 is 1.56 bits per heavy atom. The van der Waals surface area contributed by atoms with Crippen molar-refractivity contribution in [2.45, 2.75) is 26.1 Å². The van der Waals surface area contributed by atoms with E-state index in [9.17, 15) is 0 Å². The highest BCUT2D eigenvalue weighted by atomic mass is 35.5. The summed E-state index contributed by atoms with van der Waals surface area (Å²) in [6.45, 7) is 3.96. The highest BCUT2D eigenvalue weighted by Crippen LogP contribution is 2.21. The molecule has 0 saturated heterocycles. The third-order valence-electron chi connectivity index (χ3n) is 2.30. The van der Waals surface area contributed by atoms with Crippen molar-refractivity contribution in [1.82, 2.24) is 14.9 Å². The van der Waals surface area contributed by atoms with Crippen molar-refractivity contribution in [2.24, 2.45) is 0 Å². The summed E-state index contributed by atoms with van der Waals surface area (Å²) >= 11 is 7.49. The highest BCUT2D eigenvalue weighted by Gasteiger charge is 2.03. The molecular formula is C11H14ClN3S. The Balaban J connectivity index is 1.77. The van der Waals surface area contributed by atoms with E-state index in [2.05, 4.69) is 27.9 Å². The first-order chi connectivity index (χ1) is 7.74. The third-order valence-corrected chi connectivity index (χ3v) is 3.53. The van der Waals surface area contributed by atoms with Gasteiger partial charge in [-0.3, -0.25) is 0 Å². The van der Waals surface area contributed by atoms with Crippen LogP contribution in [0.25, 0.3) is 0 Å². The Hall–Kier alpha value is -0.840. The van der Waals surface area contributed by atoms with Gasteiger partial charge in [-0.15, -0.1) is 11.3 Å². The topological polar surface area (TPSA) is 29.9 Å². The number of rotatable bonds is 5. The van der Waals surface area contributed by atoms with Crippen LogP contribution in [0.2, 0.25) is 4.34 Å². The molecule has 0 radical (unpaired) electrons. The molecule has 0 aliphatic carbocycles. The number of nitrogens with one attached hydrogen (secondary N) is 1. The van der Waals surface area contributed by atoms with Crippen molar-refractivity contribution in [3.8, 4) is 0 Å². The van der Waals surface area contributed by atoms with E-state index in [0.717, 1.165) is 17.4 Å². The van der Waals surface area contributed by atoms with Crippen molar-refractivity contribution in [3.05, 3.63) is 40.1 Å². The quantitative estimate of drug-likeness (QED) is 0.891. The van der Waals surface area contributed by atoms with E-state index in [4.69, 9.17) is 11.6 Å². The van der Waals surface area contributed by atoms with E-state index in [1.807, 2.05) is 18.6 Å². The lowest BCUT2D eigenvalue weighted by molar-refractivity contribution is 0.478. The van der Waals surface area contributed by atoms with Crippen LogP contribution in [0.4, 0.5) is 0 Å². The normalized spacial score (nSPS) is 12.9. The van der Waals surface area contributed by atoms with Crippen molar-refractivity contribution in [1.29, 1.82) is 0 Å². The number of aromatic nitrogens is 2. The second kappa shape index (κ2) is 5.48. The first-order valence-corrected chi connectivity index (χ1v) is 6.37. The predicted molar refractivity (Wildman–Crippen MR) is 67.9 cm³/mol. The van der Waals surface area contributed by atoms with E-state index < -0.39 is 0 Å². The van der Waals surface area contributed by atoms with Crippen LogP contribution in [-0.4, -0.2) is 15.6 Å². The molecule has 1 N–H and O–H groups in total. The largest absolute Gasteiger partial charge is 0.336 e. The standard InChI is InChI=1S/C11H14ClN3S/c1-9(7-15-5-4-13-8-15)14-6-10-2-3-11(12)16-10/h2-5,8-9,14H,6-7H2,1H3. The Kier molecular flexibility index (Phi) is 3.98. The molecule has 2 aromatic rings. The van der Waals surface area contributed by atoms with Crippen LogP contribution < -0.4 is 5.32 Å². The van der Waals surface area contributed by atoms with Gasteiger partial charge in [0.25, 0.3) is 0 Å². The number of imidazole rings is 1. The molecule has 0 fully saturated rings. The van der Waals surface area contributed by atoms with Crippen LogP contribution in [0.15, 0.2) is 30.9 Å². The van der Waals surface area contributed by atoms with Gasteiger partial charge < -0.3 is 9.88 Å². The molecule has 1 unspecified atom stereocenters. The van der Waals surface area contributed by atoms with Crippen molar-refractivity contribution >= 4 is 22.9 Å². The SMILES string of the molecule is CC(Cn1ccnc1)NCc1ccc(Cl)s1. The van der Waals surface area contributed by atoms with Gasteiger partial charge in [-0.1, -0.05) is 11.6 Å². The molecule has 3 nitrogen and oxygen atoms in total. The van der Waals surface area contributed by atoms with E-state index in [1.54, 1.807) is 17.5 Å². The second-order valence-electron chi connectivity index (χ2n) is 3.75. The Morgan fingerprint density at radius 3 is 3.06 bits per heavy atom. The molecule has 2 heterocycles. The minimum Gasteiger partial charge on any atom is -0.336 e. The average Bonchev–Trinajstić information content (AvgIpc) is 2.87. The van der Waals surface area contributed by atoms with Crippen LogP contribution in [-0.2, 0) is 13.1 Å². The van der Waals surface area contributed by atoms with Crippen molar-refractivity contribution in [2.75, 3.05) is 0 Å². The lowest BCUT2D eigenvalue weighted by Crippen LogP contribution is -2.29. The van der Waals surface area contributed by atoms with E-state index in [-0.39, 0.29) is 0 Å². The van der Waals surface area contributed by atoms with Gasteiger partial charge in [0.15, 0.2) is 0 Å². The molecule has 0 spiro atoms. The third kappa shape index (κ3) is 3.33. The maximum absolute atomic E-state index is 5.87. The van der Waals surface area contributed by atoms with E-state index >= 15 is 0 Å². The van der Waals surface area contributed by atoms with E-state index in [1.165, 1.54) is 4.88 Å². The molecule has 5 heteroatoms. The second-order valence-corrected chi connectivity index (χ2v) is 5.55. The summed E-state index contributed by atoms with van der Waals surface area (Å²) in [5.41, 5.74) is 0. The van der Waals surface area contributed by atoms with Crippen LogP contribution in [0.1, 0.15) is 11.8 Å². The van der Waals surface area contributed by atoms with Crippen LogP contribution in [0, 0.1) is 0 Å². The summed E-state index contributed by atoms with van der Waals surface area (Å²) in [6, 6.07) is 4.41. The maximum atomic E-state index is 5.87. The van der Waals surface area contributed by atoms with Gasteiger partial charge in [0, 0.05) is 36.4 Å². The van der Waals surface area contributed by atoms with Gasteiger partial charge in [-0.25, -0.2) is 4.98 Å². The highest BCUT2D eigenvalue weighted by molar-refractivity contribution is 7.16. The Labute approximate surface area is 104 Å². The van der Waals surface area contributed by atoms with Gasteiger partial charge >= 0.3 is 0 Å². The first kappa shape index (κ1) is 11.6. The monoisotopic (exact) mass is 255 g/mol. The molecule has 0 amide bonds. The van der Waals surface area contributed by atoms with Crippen LogP contribution in [0.5, 0.6) is 0 Å². The molecule has 1 atom stereocenters. The lowest BCUT2D eigenvalue weighted by atomic mass is 10.3. The van der Waals surface area contributed by atoms with Gasteiger partial charge in [-0.2, -0.15) is 0 Å². The molecule has 2 aromatic heterocycles. The fourth-order valence-electron chi connectivity index (χ4n) is 1.50. The summed E-state index contributed by atoms with van der Waals surface area (Å²) < 4.78 is 2.91. The van der Waals surface area contributed by atoms with Gasteiger partial charge in [-0.05, 0) is 19.1 Å². The fourth-order valence-corrected chi connectivity index (χ4v) is 2.54. The summed E-state index contributed by atoms with van der Waals surface area (Å²) in [5.74, 6) is 0. The predicted octanol–water partition coefficient (Wildman–Crippen LogP) is 2.78. The average molecular weight is 256 g/mol. The van der Waals surface area contributed by atoms with Gasteiger partial charge in [0.1, 0.15) is 0 Å². The molecule has 0 bridgehead atoms. The molecule has 86 valence electrons. The number of thiophene rings is 1. The molecule has 0 aliphatic heterocycles. The lowest BCUT2D eigenvalue weighted by Gasteiger charge is -2.13. The molecular weight excluding hydrogens is 242 g/mol. The zero-order valence-corrected chi connectivity index (χ0v) is 10.6. The molecule has 0 saturated carbocycles. The molecule has 0 aliphatic rings. The van der Waals surface area contributed by atoms with Crippen molar-refractivity contribution in [3.63, 3.8) is 0 Å². The summed E-state index contributed by atoms with van der Waals surface area (Å²) in [7, 11) is 0. The molecule has 2 rings (SSSR count). The Morgan fingerprint density at radius 2 is 2.44 bits per heavy atom. The molecule has 16 heavy (non-hydrogen) atoms. The first-order valence-electron chi connectivity index (χ1n) is 5.17. The van der Waals surface area contributed by atoms with Crippen LogP contribution >= 0.6 is 22.9 Å². The van der Waals surface area contributed by atoms with Gasteiger partial charge in [0.2, 0.25) is 0 Å². The minimum atomic E-state index is 0.412. The summed E-state index contributed by atoms with van der Waals surface area (Å²) in [5, 5.41) is 3.45. The summed E-state index contributed by atoms with van der Waals surface area (Å²) in [4.78, 5) is 5.28. The number of hydrogen-bond donors (Lipinski definition) is 1. The zero-order chi connectivity index (χ0) is 11.4. The maximum Gasteiger partial charge on any atom is 0.0946 e. The minimum absolute atomic E-state index is 0.412.